The number of benzene rings is 1. The number of hydrogen-bond donors (Lipinski definition) is 0. The highest BCUT2D eigenvalue weighted by molar-refractivity contribution is 7.88. The van der Waals surface area contributed by atoms with Crippen LogP contribution in [0, 0.1) is 0 Å². The Morgan fingerprint density at radius 3 is 2.36 bits per heavy atom. The molecule has 2 fully saturated rings. The predicted octanol–water partition coefficient (Wildman–Crippen LogP) is 1.00. The SMILES string of the molecule is O=C1CCC(=O)N1C1CN(S(=O)(=O)Cc2cccc(Cl)c2)C1. The van der Waals surface area contributed by atoms with Gasteiger partial charge < -0.3 is 0 Å². The first-order chi connectivity index (χ1) is 10.4. The van der Waals surface area contributed by atoms with Gasteiger partial charge in [-0.25, -0.2) is 8.42 Å². The number of likely N-dealkylation sites (tertiary alicyclic amines) is 1. The third kappa shape index (κ3) is 2.88. The second-order valence-electron chi connectivity index (χ2n) is 5.51. The Labute approximate surface area is 133 Å². The van der Waals surface area contributed by atoms with E-state index in [4.69, 9.17) is 11.6 Å². The van der Waals surface area contributed by atoms with Crippen LogP contribution in [0.1, 0.15) is 18.4 Å². The van der Waals surface area contributed by atoms with Crippen molar-refractivity contribution >= 4 is 33.4 Å². The normalized spacial score (nSPS) is 20.5. The Bertz CT molecular complexity index is 712. The van der Waals surface area contributed by atoms with Crippen LogP contribution in [0.15, 0.2) is 24.3 Å². The van der Waals surface area contributed by atoms with Gasteiger partial charge in [-0.1, -0.05) is 23.7 Å². The molecule has 2 amide bonds. The molecular formula is C14H15ClN2O4S. The van der Waals surface area contributed by atoms with Gasteiger partial charge in [0.1, 0.15) is 0 Å². The molecule has 1 aromatic rings. The molecule has 1 aromatic carbocycles. The molecule has 2 heterocycles. The summed E-state index contributed by atoms with van der Waals surface area (Å²) in [7, 11) is -3.47. The molecule has 2 saturated heterocycles. The highest BCUT2D eigenvalue weighted by Gasteiger charge is 2.44. The molecule has 0 atom stereocenters. The second kappa shape index (κ2) is 5.64. The molecule has 8 heteroatoms. The fourth-order valence-electron chi connectivity index (χ4n) is 2.74. The molecule has 0 saturated carbocycles. The predicted molar refractivity (Wildman–Crippen MR) is 80.5 cm³/mol. The number of imide groups is 1. The van der Waals surface area contributed by atoms with Crippen molar-refractivity contribution in [2.45, 2.75) is 24.6 Å². The maximum Gasteiger partial charge on any atom is 0.230 e. The smallest absolute Gasteiger partial charge is 0.230 e. The molecule has 0 unspecified atom stereocenters. The van der Waals surface area contributed by atoms with Crippen molar-refractivity contribution in [2.75, 3.05) is 13.1 Å². The van der Waals surface area contributed by atoms with Crippen LogP contribution in [0.5, 0.6) is 0 Å². The van der Waals surface area contributed by atoms with Crippen molar-refractivity contribution in [1.29, 1.82) is 0 Å². The molecule has 0 bridgehead atoms. The summed E-state index contributed by atoms with van der Waals surface area (Å²) in [5.41, 5.74) is 0.615. The van der Waals surface area contributed by atoms with Gasteiger partial charge >= 0.3 is 0 Å². The van der Waals surface area contributed by atoms with Gasteiger partial charge in [0.25, 0.3) is 0 Å². The minimum absolute atomic E-state index is 0.137. The molecule has 0 aromatic heterocycles. The van der Waals surface area contributed by atoms with Crippen molar-refractivity contribution in [3.63, 3.8) is 0 Å². The number of halogens is 1. The summed E-state index contributed by atoms with van der Waals surface area (Å²) >= 11 is 5.85. The zero-order valence-corrected chi connectivity index (χ0v) is 13.3. The quantitative estimate of drug-likeness (QED) is 0.765. The first-order valence-corrected chi connectivity index (χ1v) is 8.93. The van der Waals surface area contributed by atoms with Crippen LogP contribution < -0.4 is 0 Å². The molecule has 6 nitrogen and oxygen atoms in total. The van der Waals surface area contributed by atoms with Crippen LogP contribution in [0.3, 0.4) is 0 Å². The largest absolute Gasteiger partial charge is 0.277 e. The van der Waals surface area contributed by atoms with Crippen molar-refractivity contribution in [1.82, 2.24) is 9.21 Å². The van der Waals surface area contributed by atoms with Crippen molar-refractivity contribution in [2.24, 2.45) is 0 Å². The van der Waals surface area contributed by atoms with Crippen molar-refractivity contribution < 1.29 is 18.0 Å². The van der Waals surface area contributed by atoms with Gasteiger partial charge in [0.2, 0.25) is 21.8 Å². The third-order valence-corrected chi connectivity index (χ3v) is 5.93. The first-order valence-electron chi connectivity index (χ1n) is 6.94. The lowest BCUT2D eigenvalue weighted by Crippen LogP contribution is -2.62. The standard InChI is InChI=1S/C14H15ClN2O4S/c15-11-3-1-2-10(6-11)9-22(20,21)16-7-12(8-16)17-13(18)4-5-14(17)19/h1-3,6,12H,4-5,7-9H2. The van der Waals surface area contributed by atoms with Gasteiger partial charge in [0.15, 0.2) is 0 Å². The average molecular weight is 343 g/mol. The summed E-state index contributed by atoms with van der Waals surface area (Å²) in [5, 5.41) is 0.488. The molecule has 0 spiro atoms. The van der Waals surface area contributed by atoms with Crippen LogP contribution in [0.25, 0.3) is 0 Å². The number of rotatable bonds is 4. The molecule has 2 aliphatic rings. The third-order valence-electron chi connectivity index (χ3n) is 3.92. The summed E-state index contributed by atoms with van der Waals surface area (Å²) in [6, 6.07) is 6.38. The average Bonchev–Trinajstić information content (AvgIpc) is 2.68. The second-order valence-corrected chi connectivity index (χ2v) is 7.92. The van der Waals surface area contributed by atoms with E-state index in [1.807, 2.05) is 0 Å². The van der Waals surface area contributed by atoms with E-state index in [1.165, 1.54) is 9.21 Å². The van der Waals surface area contributed by atoms with E-state index in [9.17, 15) is 18.0 Å². The molecule has 118 valence electrons. The van der Waals surface area contributed by atoms with Crippen LogP contribution in [0.2, 0.25) is 5.02 Å². The number of amides is 2. The lowest BCUT2D eigenvalue weighted by molar-refractivity contribution is -0.143. The van der Waals surface area contributed by atoms with Crippen LogP contribution in [0.4, 0.5) is 0 Å². The van der Waals surface area contributed by atoms with Gasteiger partial charge in [-0.2, -0.15) is 4.31 Å². The fourth-order valence-corrected chi connectivity index (χ4v) is 4.53. The number of sulfonamides is 1. The lowest BCUT2D eigenvalue weighted by Gasteiger charge is -2.41. The van der Waals surface area contributed by atoms with E-state index in [1.54, 1.807) is 24.3 Å². The molecule has 0 radical (unpaired) electrons. The highest BCUT2D eigenvalue weighted by atomic mass is 35.5. The number of nitrogens with zero attached hydrogens (tertiary/aromatic N) is 2. The van der Waals surface area contributed by atoms with Gasteiger partial charge in [0, 0.05) is 31.0 Å². The number of hydrogen-bond acceptors (Lipinski definition) is 4. The maximum atomic E-state index is 12.3. The minimum Gasteiger partial charge on any atom is -0.277 e. The first kappa shape index (κ1) is 15.5. The summed E-state index contributed by atoms with van der Waals surface area (Å²) in [5.74, 6) is -0.550. The zero-order chi connectivity index (χ0) is 15.9. The van der Waals surface area contributed by atoms with E-state index in [-0.39, 0.29) is 49.5 Å². The molecule has 0 aliphatic carbocycles. The Balaban J connectivity index is 1.64. The van der Waals surface area contributed by atoms with Gasteiger partial charge in [0.05, 0.1) is 11.8 Å². The number of carbonyl (C=O) groups excluding carboxylic acids is 2. The molecule has 22 heavy (non-hydrogen) atoms. The Morgan fingerprint density at radius 2 is 1.77 bits per heavy atom. The van der Waals surface area contributed by atoms with Crippen LogP contribution in [-0.2, 0) is 25.4 Å². The zero-order valence-electron chi connectivity index (χ0n) is 11.7. The van der Waals surface area contributed by atoms with Crippen molar-refractivity contribution in [3.05, 3.63) is 34.9 Å². The Kier molecular flexibility index (Phi) is 3.96. The lowest BCUT2D eigenvalue weighted by atomic mass is 10.1. The summed E-state index contributed by atoms with van der Waals surface area (Å²) < 4.78 is 25.9. The Hall–Kier alpha value is -1.44. The van der Waals surface area contributed by atoms with E-state index < -0.39 is 10.0 Å². The molecule has 3 rings (SSSR count). The number of carbonyl (C=O) groups is 2. The summed E-state index contributed by atoms with van der Waals surface area (Å²) in [6.45, 7) is 0.362. The fraction of sp³-hybridized carbons (Fsp3) is 0.429. The van der Waals surface area contributed by atoms with E-state index in [0.717, 1.165) is 0 Å². The maximum absolute atomic E-state index is 12.3. The van der Waals surface area contributed by atoms with Gasteiger partial charge in [-0.05, 0) is 17.7 Å². The van der Waals surface area contributed by atoms with Crippen LogP contribution >= 0.6 is 11.6 Å². The molecular weight excluding hydrogens is 328 g/mol. The monoisotopic (exact) mass is 342 g/mol. The highest BCUT2D eigenvalue weighted by Crippen LogP contribution is 2.26. The molecule has 2 aliphatic heterocycles. The summed E-state index contributed by atoms with van der Waals surface area (Å²) in [4.78, 5) is 24.5. The van der Waals surface area contributed by atoms with Gasteiger partial charge in [-0.3, -0.25) is 14.5 Å². The topological polar surface area (TPSA) is 74.8 Å². The van der Waals surface area contributed by atoms with Crippen molar-refractivity contribution in [3.8, 4) is 0 Å². The molecule has 0 N–H and O–H groups in total. The Morgan fingerprint density at radius 1 is 1.14 bits per heavy atom. The van der Waals surface area contributed by atoms with E-state index in [0.29, 0.717) is 10.6 Å². The van der Waals surface area contributed by atoms with Gasteiger partial charge in [-0.15, -0.1) is 0 Å². The minimum atomic E-state index is -3.47. The summed E-state index contributed by atoms with van der Waals surface area (Å²) in [6.07, 6.45) is 0.454. The van der Waals surface area contributed by atoms with Crippen LogP contribution in [-0.4, -0.2) is 48.6 Å². The van der Waals surface area contributed by atoms with E-state index >= 15 is 0 Å². The van der Waals surface area contributed by atoms with E-state index in [2.05, 4.69) is 0 Å².